The summed E-state index contributed by atoms with van der Waals surface area (Å²) in [6.45, 7) is 7.10. The maximum Gasteiger partial charge on any atom is 0.270 e. The second kappa shape index (κ2) is 5.08. The van der Waals surface area contributed by atoms with Crippen LogP contribution in [0.3, 0.4) is 0 Å². The first-order valence-corrected chi connectivity index (χ1v) is 5.22. The van der Waals surface area contributed by atoms with Crippen LogP contribution in [0.5, 0.6) is 0 Å². The molecule has 0 fully saturated rings. The maximum absolute atomic E-state index is 12.1. The average Bonchev–Trinajstić information content (AvgIpc) is 2.90. The van der Waals surface area contributed by atoms with Gasteiger partial charge in [0.2, 0.25) is 5.43 Å². The Hall–Kier alpha value is -3.03. The van der Waals surface area contributed by atoms with E-state index in [1.54, 1.807) is 0 Å². The van der Waals surface area contributed by atoms with Gasteiger partial charge in [0, 0.05) is 17.5 Å². The number of nitrogens with zero attached hydrogens (tertiary/aromatic N) is 3. The van der Waals surface area contributed by atoms with Crippen molar-refractivity contribution in [3.63, 3.8) is 0 Å². The number of amides is 1. The van der Waals surface area contributed by atoms with Crippen LogP contribution in [0, 0.1) is 0 Å². The molecule has 2 rings (SSSR count). The summed E-state index contributed by atoms with van der Waals surface area (Å²) in [6, 6.07) is 0. The number of tetrazole rings is 1. The molecule has 0 bridgehead atoms. The molecule has 8 nitrogen and oxygen atoms in total. The number of H-pyrrole nitrogens is 2. The molecule has 0 aromatic carbocycles. The zero-order valence-electron chi connectivity index (χ0n) is 9.80. The lowest BCUT2D eigenvalue weighted by atomic mass is 10.1. The second-order valence-corrected chi connectivity index (χ2v) is 3.46. The molecule has 0 atom stereocenters. The minimum absolute atomic E-state index is 0.0163. The third-order valence-electron chi connectivity index (χ3n) is 2.37. The molecule has 0 radical (unpaired) electrons. The Morgan fingerprint density at radius 3 is 2.74 bits per heavy atom. The minimum Gasteiger partial charge on any atom is -0.360 e. The maximum atomic E-state index is 12.1. The van der Waals surface area contributed by atoms with E-state index in [0.717, 1.165) is 0 Å². The van der Waals surface area contributed by atoms with E-state index in [4.69, 9.17) is 0 Å². The fraction of sp³-hybridized carbons (Fsp3) is 0. The Bertz CT molecular complexity index is 686. The molecule has 0 spiro atoms. The molecule has 0 aliphatic rings. The van der Waals surface area contributed by atoms with Crippen molar-refractivity contribution in [2.24, 2.45) is 0 Å². The van der Waals surface area contributed by atoms with E-state index in [1.165, 1.54) is 18.3 Å². The first-order chi connectivity index (χ1) is 9.17. The van der Waals surface area contributed by atoms with E-state index in [1.807, 2.05) is 0 Å². The lowest BCUT2D eigenvalue weighted by Crippen LogP contribution is -2.24. The smallest absolute Gasteiger partial charge is 0.270 e. The number of aromatic amines is 2. The molecule has 0 unspecified atom stereocenters. The molecule has 96 valence electrons. The molecule has 0 aliphatic carbocycles. The summed E-state index contributed by atoms with van der Waals surface area (Å²) in [7, 11) is 0. The summed E-state index contributed by atoms with van der Waals surface area (Å²) in [4.78, 5) is 26.8. The lowest BCUT2D eigenvalue weighted by molar-refractivity contribution is 0.102. The molecule has 8 heteroatoms. The monoisotopic (exact) mass is 258 g/mol. The number of carbonyl (C=O) groups excluding carboxylic acids is 1. The van der Waals surface area contributed by atoms with E-state index in [0.29, 0.717) is 5.69 Å². The third-order valence-corrected chi connectivity index (χ3v) is 2.37. The molecule has 1 amide bonds. The highest BCUT2D eigenvalue weighted by Crippen LogP contribution is 2.06. The summed E-state index contributed by atoms with van der Waals surface area (Å²) in [5.74, 6) is -0.654. The van der Waals surface area contributed by atoms with Gasteiger partial charge in [-0.1, -0.05) is 24.3 Å². The van der Waals surface area contributed by atoms with Crippen molar-refractivity contribution in [2.75, 3.05) is 5.32 Å². The predicted octanol–water partition coefficient (Wildman–Crippen LogP) is 0.426. The highest BCUT2D eigenvalue weighted by Gasteiger charge is 2.15. The van der Waals surface area contributed by atoms with Crippen molar-refractivity contribution in [3.05, 3.63) is 46.4 Å². The van der Waals surface area contributed by atoms with Crippen LogP contribution in [0.1, 0.15) is 21.6 Å². The van der Waals surface area contributed by atoms with Gasteiger partial charge in [-0.05, 0) is 11.3 Å². The van der Waals surface area contributed by atoms with Crippen LogP contribution in [0.15, 0.2) is 24.1 Å². The van der Waals surface area contributed by atoms with Gasteiger partial charge in [-0.2, -0.15) is 5.21 Å². The average molecular weight is 258 g/mol. The van der Waals surface area contributed by atoms with Crippen LogP contribution >= 0.6 is 0 Å². The van der Waals surface area contributed by atoms with E-state index < -0.39 is 11.3 Å². The van der Waals surface area contributed by atoms with Crippen molar-refractivity contribution >= 4 is 24.0 Å². The zero-order valence-corrected chi connectivity index (χ0v) is 9.80. The molecule has 2 aromatic heterocycles. The molecule has 0 saturated heterocycles. The first kappa shape index (κ1) is 12.4. The fourth-order valence-electron chi connectivity index (χ4n) is 1.48. The van der Waals surface area contributed by atoms with Gasteiger partial charge < -0.3 is 4.98 Å². The molecule has 19 heavy (non-hydrogen) atoms. The van der Waals surface area contributed by atoms with Gasteiger partial charge in [-0.15, -0.1) is 5.10 Å². The number of rotatable bonds is 4. The van der Waals surface area contributed by atoms with Crippen LogP contribution in [0.4, 0.5) is 5.95 Å². The Morgan fingerprint density at radius 1 is 1.37 bits per heavy atom. The van der Waals surface area contributed by atoms with Gasteiger partial charge in [-0.25, -0.2) is 0 Å². The summed E-state index contributed by atoms with van der Waals surface area (Å²) in [5, 5.41) is 14.9. The van der Waals surface area contributed by atoms with E-state index in [9.17, 15) is 9.59 Å². The quantitative estimate of drug-likeness (QED) is 0.735. The van der Waals surface area contributed by atoms with Crippen LogP contribution in [-0.4, -0.2) is 31.5 Å². The van der Waals surface area contributed by atoms with Gasteiger partial charge >= 0.3 is 0 Å². The highest BCUT2D eigenvalue weighted by molar-refractivity contribution is 6.03. The first-order valence-electron chi connectivity index (χ1n) is 5.22. The number of nitrogens with one attached hydrogen (secondary N) is 3. The molecular weight excluding hydrogens is 248 g/mol. The number of aromatic nitrogens is 5. The zero-order chi connectivity index (χ0) is 13.8. The van der Waals surface area contributed by atoms with Crippen LogP contribution < -0.4 is 10.7 Å². The normalized spacial score (nSPS) is 9.89. The molecule has 2 aromatic rings. The molecule has 0 aliphatic heterocycles. The number of carbonyl (C=O) groups is 1. The van der Waals surface area contributed by atoms with Gasteiger partial charge in [0.15, 0.2) is 0 Å². The largest absolute Gasteiger partial charge is 0.360 e. The molecular formula is C11H10N6O2. The van der Waals surface area contributed by atoms with Crippen molar-refractivity contribution in [3.8, 4) is 0 Å². The Balaban J connectivity index is 2.40. The SMILES string of the molecule is C=Cc1[nH]cc(C(=O)Nc2nn[nH]n2)c(=O)c1C=C. The summed E-state index contributed by atoms with van der Waals surface area (Å²) in [6.07, 6.45) is 4.13. The number of hydrogen-bond acceptors (Lipinski definition) is 5. The molecule has 3 N–H and O–H groups in total. The van der Waals surface area contributed by atoms with E-state index in [-0.39, 0.29) is 17.1 Å². The topological polar surface area (TPSA) is 116 Å². The summed E-state index contributed by atoms with van der Waals surface area (Å²) < 4.78 is 0. The predicted molar refractivity (Wildman–Crippen MR) is 69.4 cm³/mol. The second-order valence-electron chi connectivity index (χ2n) is 3.46. The van der Waals surface area contributed by atoms with Gasteiger partial charge in [-0.3, -0.25) is 14.9 Å². The lowest BCUT2D eigenvalue weighted by Gasteiger charge is -2.04. The fourth-order valence-corrected chi connectivity index (χ4v) is 1.48. The van der Waals surface area contributed by atoms with Crippen molar-refractivity contribution in [2.45, 2.75) is 0 Å². The van der Waals surface area contributed by atoms with Crippen molar-refractivity contribution in [1.29, 1.82) is 0 Å². The van der Waals surface area contributed by atoms with Gasteiger partial charge in [0.05, 0.1) is 0 Å². The molecule has 0 saturated carbocycles. The van der Waals surface area contributed by atoms with E-state index in [2.05, 4.69) is 44.1 Å². The van der Waals surface area contributed by atoms with Crippen LogP contribution in [-0.2, 0) is 0 Å². The highest BCUT2D eigenvalue weighted by atomic mass is 16.2. The Labute approximate surface area is 107 Å². The van der Waals surface area contributed by atoms with Crippen LogP contribution in [0.25, 0.3) is 12.2 Å². The summed E-state index contributed by atoms with van der Waals surface area (Å²) >= 11 is 0. The summed E-state index contributed by atoms with van der Waals surface area (Å²) in [5.41, 5.74) is 0.238. The Kier molecular flexibility index (Phi) is 3.33. The number of anilines is 1. The number of hydrogen-bond donors (Lipinski definition) is 3. The Morgan fingerprint density at radius 2 is 2.16 bits per heavy atom. The van der Waals surface area contributed by atoms with E-state index >= 15 is 0 Å². The number of pyridine rings is 1. The van der Waals surface area contributed by atoms with Crippen molar-refractivity contribution in [1.82, 2.24) is 25.6 Å². The molecule has 2 heterocycles. The van der Waals surface area contributed by atoms with Crippen LogP contribution in [0.2, 0.25) is 0 Å². The minimum atomic E-state index is -0.638. The standard InChI is InChI=1S/C11H10N6O2/c1-3-6-8(4-2)12-5-7(9(6)18)10(19)13-11-14-16-17-15-11/h3-5H,1-2H2,(H,12,18)(H2,13,14,15,16,17,19). The van der Waals surface area contributed by atoms with Gasteiger partial charge in [0.25, 0.3) is 11.9 Å². The third kappa shape index (κ3) is 2.32. The van der Waals surface area contributed by atoms with Gasteiger partial charge in [0.1, 0.15) is 5.56 Å². The van der Waals surface area contributed by atoms with Crippen molar-refractivity contribution < 1.29 is 4.79 Å².